The Labute approximate surface area is 152 Å². The molecule has 0 bridgehead atoms. The third-order valence-electron chi connectivity index (χ3n) is 0.665. The van der Waals surface area contributed by atoms with Crippen LogP contribution < -0.4 is 113 Å². The standard InChI is InChI=1S/C4H4F2O4.2K/c5-4(6,3(9)10)1-2(7)8;;/h1H2,(H,7,8)(H,9,10);;/q;2*+1/p-2. The van der Waals surface area contributed by atoms with Crippen molar-refractivity contribution in [3.63, 3.8) is 0 Å². The molecule has 58 valence electrons. The minimum atomic E-state index is -4.33. The molecule has 0 rings (SSSR count). The second kappa shape index (κ2) is 8.39. The first-order valence-corrected chi connectivity index (χ1v) is 2.15. The number of carbonyl (C=O) groups is 2. The van der Waals surface area contributed by atoms with Crippen molar-refractivity contribution in [3.8, 4) is 0 Å². The maximum atomic E-state index is 11.7. The molecular weight excluding hydrogens is 228 g/mol. The van der Waals surface area contributed by atoms with Gasteiger partial charge in [-0.2, -0.15) is 8.78 Å². The van der Waals surface area contributed by atoms with Crippen LogP contribution in [0.5, 0.6) is 0 Å². The van der Waals surface area contributed by atoms with Crippen LogP contribution in [-0.2, 0) is 9.59 Å². The molecule has 0 saturated carbocycles. The van der Waals surface area contributed by atoms with Crippen LogP contribution in [0.15, 0.2) is 0 Å². The predicted octanol–water partition coefficient (Wildman–Crippen LogP) is -8.48. The molecule has 0 fully saturated rings. The topological polar surface area (TPSA) is 80.3 Å². The molecule has 0 aromatic heterocycles. The van der Waals surface area contributed by atoms with Gasteiger partial charge in [-0.1, -0.05) is 0 Å². The van der Waals surface area contributed by atoms with E-state index in [1.807, 2.05) is 0 Å². The molecule has 0 N–H and O–H groups in total. The van der Waals surface area contributed by atoms with E-state index in [-0.39, 0.29) is 103 Å². The number of carbonyl (C=O) groups excluding carboxylic acids is 2. The number of alkyl halides is 2. The van der Waals surface area contributed by atoms with E-state index in [1.165, 1.54) is 0 Å². The van der Waals surface area contributed by atoms with Crippen molar-refractivity contribution in [1.29, 1.82) is 0 Å². The van der Waals surface area contributed by atoms with Gasteiger partial charge in [0.2, 0.25) is 0 Å². The second-order valence-electron chi connectivity index (χ2n) is 1.54. The molecule has 0 amide bonds. The third-order valence-corrected chi connectivity index (χ3v) is 0.665. The number of carboxylic acids is 2. The molecule has 0 atom stereocenters. The molecule has 12 heavy (non-hydrogen) atoms. The fraction of sp³-hybridized carbons (Fsp3) is 0.500. The van der Waals surface area contributed by atoms with Gasteiger partial charge in [-0.05, 0) is 0 Å². The molecule has 0 aliphatic rings. The van der Waals surface area contributed by atoms with Crippen molar-refractivity contribution in [3.05, 3.63) is 0 Å². The van der Waals surface area contributed by atoms with Crippen molar-refractivity contribution < 1.29 is 131 Å². The van der Waals surface area contributed by atoms with Gasteiger partial charge in [0.15, 0.2) is 0 Å². The maximum Gasteiger partial charge on any atom is 1.00 e. The molecule has 0 saturated heterocycles. The minimum absolute atomic E-state index is 0. The number of halogens is 2. The Bertz CT molecular complexity index is 172. The summed E-state index contributed by atoms with van der Waals surface area (Å²) in [6, 6.07) is 0. The van der Waals surface area contributed by atoms with E-state index in [1.54, 1.807) is 0 Å². The summed E-state index contributed by atoms with van der Waals surface area (Å²) in [6.45, 7) is 0. The van der Waals surface area contributed by atoms with Gasteiger partial charge in [0.05, 0.1) is 6.42 Å². The smallest absolute Gasteiger partial charge is 0.550 e. The van der Waals surface area contributed by atoms with Crippen molar-refractivity contribution in [2.45, 2.75) is 12.3 Å². The van der Waals surface area contributed by atoms with Crippen molar-refractivity contribution in [1.82, 2.24) is 0 Å². The first kappa shape index (κ1) is 19.6. The number of hydrogen-bond donors (Lipinski definition) is 0. The zero-order valence-electron chi connectivity index (χ0n) is 6.60. The van der Waals surface area contributed by atoms with E-state index in [4.69, 9.17) is 0 Å². The molecule has 4 nitrogen and oxygen atoms in total. The fourth-order valence-electron chi connectivity index (χ4n) is 0.253. The zero-order valence-corrected chi connectivity index (χ0v) is 12.8. The van der Waals surface area contributed by atoms with E-state index in [2.05, 4.69) is 0 Å². The first-order valence-electron chi connectivity index (χ1n) is 2.15. The molecule has 0 aromatic rings. The summed E-state index contributed by atoms with van der Waals surface area (Å²) in [5, 5.41) is 18.8. The van der Waals surface area contributed by atoms with E-state index in [9.17, 15) is 28.6 Å². The molecule has 0 radical (unpaired) electrons. The SMILES string of the molecule is O=C([O-])CC(F)(F)C(=O)[O-].[K+].[K+]. The molecular formula is C4H2F2K2O4. The Morgan fingerprint density at radius 1 is 1.17 bits per heavy atom. The maximum absolute atomic E-state index is 11.7. The van der Waals surface area contributed by atoms with Gasteiger partial charge >= 0.3 is 103 Å². The molecule has 0 unspecified atom stereocenters. The first-order chi connectivity index (χ1) is 4.36. The Morgan fingerprint density at radius 2 is 1.50 bits per heavy atom. The Kier molecular flexibility index (Phi) is 13.7. The minimum Gasteiger partial charge on any atom is -0.550 e. The monoisotopic (exact) mass is 230 g/mol. The van der Waals surface area contributed by atoms with Crippen molar-refractivity contribution in [2.24, 2.45) is 0 Å². The number of aliphatic carboxylic acids is 2. The van der Waals surface area contributed by atoms with Crippen LogP contribution in [0.3, 0.4) is 0 Å². The molecule has 8 heteroatoms. The fourth-order valence-corrected chi connectivity index (χ4v) is 0.253. The Morgan fingerprint density at radius 3 is 1.58 bits per heavy atom. The number of hydrogen-bond acceptors (Lipinski definition) is 4. The largest absolute Gasteiger partial charge is 1.00 e. The summed E-state index contributed by atoms with van der Waals surface area (Å²) in [5.41, 5.74) is 0. The zero-order chi connectivity index (χ0) is 8.36. The van der Waals surface area contributed by atoms with Crippen LogP contribution in [0.4, 0.5) is 8.78 Å². The molecule has 0 aliphatic heterocycles. The van der Waals surface area contributed by atoms with Crippen LogP contribution in [0.25, 0.3) is 0 Å². The van der Waals surface area contributed by atoms with E-state index in [0.29, 0.717) is 0 Å². The quantitative estimate of drug-likeness (QED) is 0.451. The van der Waals surface area contributed by atoms with Gasteiger partial charge in [0.25, 0.3) is 5.92 Å². The van der Waals surface area contributed by atoms with Gasteiger partial charge in [-0.25, -0.2) is 0 Å². The normalized spacial score (nSPS) is 9.17. The molecule has 0 heterocycles. The second-order valence-corrected chi connectivity index (χ2v) is 1.54. The summed E-state index contributed by atoms with van der Waals surface area (Å²) in [5.74, 6) is -9.18. The van der Waals surface area contributed by atoms with E-state index >= 15 is 0 Å². The summed E-state index contributed by atoms with van der Waals surface area (Å²) >= 11 is 0. The summed E-state index contributed by atoms with van der Waals surface area (Å²) < 4.78 is 23.4. The van der Waals surface area contributed by atoms with Crippen LogP contribution in [0.2, 0.25) is 0 Å². The Hall–Kier alpha value is 2.07. The predicted molar refractivity (Wildman–Crippen MR) is 19.6 cm³/mol. The molecule has 0 spiro atoms. The average Bonchev–Trinajstić information content (AvgIpc) is 1.60. The van der Waals surface area contributed by atoms with Gasteiger partial charge < -0.3 is 19.8 Å². The number of carboxylic acid groups (broad SMARTS) is 2. The van der Waals surface area contributed by atoms with Crippen LogP contribution in [0, 0.1) is 0 Å². The van der Waals surface area contributed by atoms with Crippen molar-refractivity contribution >= 4 is 11.9 Å². The van der Waals surface area contributed by atoms with E-state index in [0.717, 1.165) is 0 Å². The van der Waals surface area contributed by atoms with Crippen LogP contribution >= 0.6 is 0 Å². The summed E-state index contributed by atoms with van der Waals surface area (Å²) in [4.78, 5) is 18.8. The van der Waals surface area contributed by atoms with Crippen LogP contribution in [0.1, 0.15) is 6.42 Å². The van der Waals surface area contributed by atoms with Gasteiger partial charge in [-0.15, -0.1) is 0 Å². The van der Waals surface area contributed by atoms with Gasteiger partial charge in [0, 0.05) is 5.97 Å². The van der Waals surface area contributed by atoms with Crippen molar-refractivity contribution in [2.75, 3.05) is 0 Å². The van der Waals surface area contributed by atoms with Gasteiger partial charge in [0.1, 0.15) is 5.97 Å². The van der Waals surface area contributed by atoms with E-state index < -0.39 is 24.3 Å². The average molecular weight is 230 g/mol. The Balaban J connectivity index is -0.000000405. The molecule has 0 aliphatic carbocycles. The molecule has 0 aromatic carbocycles. The van der Waals surface area contributed by atoms with Crippen LogP contribution in [-0.4, -0.2) is 17.9 Å². The summed E-state index contributed by atoms with van der Waals surface area (Å²) in [7, 11) is 0. The number of rotatable bonds is 3. The third kappa shape index (κ3) is 8.66. The van der Waals surface area contributed by atoms with Gasteiger partial charge in [-0.3, -0.25) is 0 Å². The summed E-state index contributed by atoms with van der Waals surface area (Å²) in [6.07, 6.45) is -1.85.